The van der Waals surface area contributed by atoms with Crippen LogP contribution in [0.4, 0.5) is 4.39 Å². The van der Waals surface area contributed by atoms with Gasteiger partial charge in [0.2, 0.25) is 5.16 Å². The highest BCUT2D eigenvalue weighted by Crippen LogP contribution is 2.17. The van der Waals surface area contributed by atoms with Crippen molar-refractivity contribution in [1.29, 1.82) is 0 Å². The molecule has 116 valence electrons. The third-order valence-corrected chi connectivity index (χ3v) is 4.62. The van der Waals surface area contributed by atoms with Crippen LogP contribution in [-0.2, 0) is 0 Å². The lowest BCUT2D eigenvalue weighted by Crippen LogP contribution is -2.05. The number of halogens is 1. The molecule has 0 aliphatic heterocycles. The number of ketones is 1. The lowest BCUT2D eigenvalue weighted by atomic mass is 10.1. The molecule has 2 heterocycles. The number of thioether (sulfide) groups is 1. The minimum atomic E-state index is -0.507. The lowest BCUT2D eigenvalue weighted by molar-refractivity contribution is 0.101. The molecule has 1 aromatic carbocycles. The third-order valence-electron chi connectivity index (χ3n) is 2.94. The average Bonchev–Trinajstić information content (AvgIpc) is 3.22. The summed E-state index contributed by atoms with van der Waals surface area (Å²) in [7, 11) is 0. The molecule has 0 amide bonds. The first-order valence-corrected chi connectivity index (χ1v) is 8.63. The second kappa shape index (κ2) is 7.34. The Labute approximate surface area is 140 Å². The maximum Gasteiger partial charge on any atom is 0.209 e. The SMILES string of the molecule is O=C(CSc1n[nH]c(/C=C/c2cccs2)n1)c1ccccc1F. The fourth-order valence-electron chi connectivity index (χ4n) is 1.84. The molecule has 0 atom stereocenters. The van der Waals surface area contributed by atoms with Gasteiger partial charge in [0.25, 0.3) is 0 Å². The molecular weight excluding hydrogens is 333 g/mol. The van der Waals surface area contributed by atoms with Gasteiger partial charge in [0.1, 0.15) is 11.6 Å². The quantitative estimate of drug-likeness (QED) is 0.538. The van der Waals surface area contributed by atoms with Crippen LogP contribution in [0.25, 0.3) is 12.2 Å². The van der Waals surface area contributed by atoms with Crippen molar-refractivity contribution in [3.63, 3.8) is 0 Å². The first-order valence-electron chi connectivity index (χ1n) is 6.77. The largest absolute Gasteiger partial charge is 0.293 e. The number of benzene rings is 1. The number of rotatable bonds is 6. The van der Waals surface area contributed by atoms with Gasteiger partial charge in [-0.15, -0.1) is 16.4 Å². The molecule has 0 fully saturated rings. The number of nitrogens with zero attached hydrogens (tertiary/aromatic N) is 2. The van der Waals surface area contributed by atoms with Crippen LogP contribution in [0.5, 0.6) is 0 Å². The fraction of sp³-hybridized carbons (Fsp3) is 0.0625. The van der Waals surface area contributed by atoms with Crippen molar-refractivity contribution < 1.29 is 9.18 Å². The standard InChI is InChI=1S/C16H12FN3OS2/c17-13-6-2-1-5-12(13)14(21)10-23-16-18-15(19-20-16)8-7-11-4-3-9-22-11/h1-9H,10H2,(H,18,19,20)/b8-7+. The highest BCUT2D eigenvalue weighted by molar-refractivity contribution is 7.99. The number of carbonyl (C=O) groups is 1. The molecule has 0 unspecified atom stereocenters. The van der Waals surface area contributed by atoms with Crippen molar-refractivity contribution in [1.82, 2.24) is 15.2 Å². The van der Waals surface area contributed by atoms with Gasteiger partial charge < -0.3 is 0 Å². The summed E-state index contributed by atoms with van der Waals surface area (Å²) in [5.41, 5.74) is 0.0911. The minimum absolute atomic E-state index is 0.0901. The lowest BCUT2D eigenvalue weighted by Gasteiger charge is -2.00. The number of nitrogens with one attached hydrogen (secondary N) is 1. The Kier molecular flexibility index (Phi) is 4.99. The summed E-state index contributed by atoms with van der Waals surface area (Å²) in [6, 6.07) is 9.92. The maximum atomic E-state index is 13.5. The number of aromatic nitrogens is 3. The number of hydrogen-bond acceptors (Lipinski definition) is 5. The molecule has 0 aliphatic rings. The molecule has 0 spiro atoms. The highest BCUT2D eigenvalue weighted by atomic mass is 32.2. The summed E-state index contributed by atoms with van der Waals surface area (Å²) in [5, 5.41) is 9.29. The van der Waals surface area contributed by atoms with Gasteiger partial charge >= 0.3 is 0 Å². The van der Waals surface area contributed by atoms with E-state index in [9.17, 15) is 9.18 Å². The van der Waals surface area contributed by atoms with Crippen LogP contribution >= 0.6 is 23.1 Å². The van der Waals surface area contributed by atoms with E-state index in [0.29, 0.717) is 11.0 Å². The number of hydrogen-bond donors (Lipinski definition) is 1. The Morgan fingerprint density at radius 3 is 2.91 bits per heavy atom. The molecule has 1 N–H and O–H groups in total. The molecule has 4 nitrogen and oxygen atoms in total. The molecule has 0 saturated carbocycles. The van der Waals surface area contributed by atoms with E-state index in [0.717, 1.165) is 4.88 Å². The number of aromatic amines is 1. The summed E-state index contributed by atoms with van der Waals surface area (Å²) in [5.74, 6) is -0.0900. The molecular formula is C16H12FN3OS2. The van der Waals surface area contributed by atoms with E-state index in [1.165, 1.54) is 23.9 Å². The predicted molar refractivity (Wildman–Crippen MR) is 91.1 cm³/mol. The van der Waals surface area contributed by atoms with E-state index < -0.39 is 5.82 Å². The smallest absolute Gasteiger partial charge is 0.209 e. The summed E-state index contributed by atoms with van der Waals surface area (Å²) < 4.78 is 13.5. The second-order valence-electron chi connectivity index (χ2n) is 4.54. The summed E-state index contributed by atoms with van der Waals surface area (Å²) >= 11 is 2.80. The first-order chi connectivity index (χ1) is 11.2. The van der Waals surface area contributed by atoms with E-state index in [4.69, 9.17) is 0 Å². The number of carbonyl (C=O) groups excluding carboxylic acids is 1. The van der Waals surface area contributed by atoms with Crippen molar-refractivity contribution >= 4 is 41.0 Å². The molecule has 0 aliphatic carbocycles. The van der Waals surface area contributed by atoms with E-state index in [2.05, 4.69) is 15.2 Å². The first kappa shape index (κ1) is 15.6. The van der Waals surface area contributed by atoms with Gasteiger partial charge in [-0.05, 0) is 35.7 Å². The number of Topliss-reactive ketones (excluding diaryl/α,β-unsaturated/α-hetero) is 1. The predicted octanol–water partition coefficient (Wildman–Crippen LogP) is 4.15. The van der Waals surface area contributed by atoms with Crippen molar-refractivity contribution in [3.05, 3.63) is 63.9 Å². The van der Waals surface area contributed by atoms with E-state index >= 15 is 0 Å². The van der Waals surface area contributed by atoms with Crippen LogP contribution in [0.3, 0.4) is 0 Å². The number of thiophene rings is 1. The molecule has 3 rings (SSSR count). The van der Waals surface area contributed by atoms with Gasteiger partial charge in [0, 0.05) is 4.88 Å². The zero-order valence-electron chi connectivity index (χ0n) is 11.9. The molecule has 23 heavy (non-hydrogen) atoms. The Balaban J connectivity index is 1.59. The monoisotopic (exact) mass is 345 g/mol. The zero-order valence-corrected chi connectivity index (χ0v) is 13.5. The van der Waals surface area contributed by atoms with Crippen LogP contribution in [-0.4, -0.2) is 26.7 Å². The minimum Gasteiger partial charge on any atom is -0.293 e. The van der Waals surface area contributed by atoms with Gasteiger partial charge in [-0.1, -0.05) is 30.0 Å². The normalized spacial score (nSPS) is 11.2. The van der Waals surface area contributed by atoms with Crippen LogP contribution in [0.2, 0.25) is 0 Å². The van der Waals surface area contributed by atoms with Gasteiger partial charge in [-0.25, -0.2) is 9.37 Å². The molecule has 3 aromatic rings. The molecule has 2 aromatic heterocycles. The van der Waals surface area contributed by atoms with Gasteiger partial charge in [-0.2, -0.15) is 0 Å². The molecule has 0 radical (unpaired) electrons. The Morgan fingerprint density at radius 2 is 2.13 bits per heavy atom. The van der Waals surface area contributed by atoms with Crippen molar-refractivity contribution in [2.24, 2.45) is 0 Å². The molecule has 7 heteroatoms. The van der Waals surface area contributed by atoms with Gasteiger partial charge in [-0.3, -0.25) is 9.89 Å². The van der Waals surface area contributed by atoms with Crippen LogP contribution in [0, 0.1) is 5.82 Å². The van der Waals surface area contributed by atoms with Gasteiger partial charge in [0.05, 0.1) is 11.3 Å². The summed E-state index contributed by atoms with van der Waals surface area (Å²) in [6.45, 7) is 0. The average molecular weight is 345 g/mol. The van der Waals surface area contributed by atoms with E-state index in [1.807, 2.05) is 29.7 Å². The topological polar surface area (TPSA) is 58.6 Å². The second-order valence-corrected chi connectivity index (χ2v) is 6.47. The van der Waals surface area contributed by atoms with Crippen LogP contribution < -0.4 is 0 Å². The Bertz CT molecular complexity index is 827. The van der Waals surface area contributed by atoms with Gasteiger partial charge in [0.15, 0.2) is 5.78 Å². The fourth-order valence-corrected chi connectivity index (χ4v) is 3.15. The van der Waals surface area contributed by atoms with Crippen molar-refractivity contribution in [2.75, 3.05) is 5.75 Å². The molecule has 0 bridgehead atoms. The molecule has 0 saturated heterocycles. The third kappa shape index (κ3) is 4.14. The van der Waals surface area contributed by atoms with Crippen molar-refractivity contribution in [2.45, 2.75) is 5.16 Å². The summed E-state index contributed by atoms with van der Waals surface area (Å²) in [4.78, 5) is 17.4. The zero-order chi connectivity index (χ0) is 16.1. The maximum absolute atomic E-state index is 13.5. The number of H-pyrrole nitrogens is 1. The highest BCUT2D eigenvalue weighted by Gasteiger charge is 2.12. The van der Waals surface area contributed by atoms with E-state index in [1.54, 1.807) is 23.5 Å². The van der Waals surface area contributed by atoms with Crippen LogP contribution in [0.15, 0.2) is 46.9 Å². The Hall–Kier alpha value is -2.25. The Morgan fingerprint density at radius 1 is 1.26 bits per heavy atom. The van der Waals surface area contributed by atoms with Crippen molar-refractivity contribution in [3.8, 4) is 0 Å². The van der Waals surface area contributed by atoms with Crippen LogP contribution in [0.1, 0.15) is 21.1 Å². The summed E-state index contributed by atoms with van der Waals surface area (Å²) in [6.07, 6.45) is 3.76. The van der Waals surface area contributed by atoms with E-state index in [-0.39, 0.29) is 17.1 Å².